The zero-order chi connectivity index (χ0) is 21.6. The van der Waals surface area contributed by atoms with Crippen LogP contribution in [0, 0.1) is 0 Å². The number of ether oxygens (including phenoxy) is 2. The molecule has 3 heterocycles. The second-order valence-electron chi connectivity index (χ2n) is 7.62. The van der Waals surface area contributed by atoms with Gasteiger partial charge in [0.25, 0.3) is 0 Å². The minimum Gasteiger partial charge on any atom is -0.394 e. The summed E-state index contributed by atoms with van der Waals surface area (Å²) in [6.45, 7) is 1.97. The highest BCUT2D eigenvalue weighted by Gasteiger charge is 2.30. The van der Waals surface area contributed by atoms with Crippen LogP contribution in [0.3, 0.4) is 0 Å². The fourth-order valence-electron chi connectivity index (χ4n) is 4.06. The number of aromatic nitrogens is 2. The first-order chi connectivity index (χ1) is 15.2. The molecule has 4 rings (SSSR count). The van der Waals surface area contributed by atoms with Gasteiger partial charge in [0.15, 0.2) is 0 Å². The first-order valence-electron chi connectivity index (χ1n) is 10.7. The Hall–Kier alpha value is -2.81. The number of carbonyl (C=O) groups is 2. The number of aliphatic hydroxyl groups excluding tert-OH is 1. The van der Waals surface area contributed by atoms with Gasteiger partial charge in [0, 0.05) is 30.0 Å². The highest BCUT2D eigenvalue weighted by atomic mass is 16.5. The van der Waals surface area contributed by atoms with E-state index in [-0.39, 0.29) is 18.4 Å². The van der Waals surface area contributed by atoms with Gasteiger partial charge < -0.3 is 19.1 Å². The molecule has 164 valence electrons. The van der Waals surface area contributed by atoms with Crippen molar-refractivity contribution in [2.45, 2.75) is 31.7 Å². The molecule has 0 bridgehead atoms. The lowest BCUT2D eigenvalue weighted by Gasteiger charge is -2.23. The smallest absolute Gasteiger partial charge is 0.249 e. The summed E-state index contributed by atoms with van der Waals surface area (Å²) in [5.74, 6) is -0.496. The largest absolute Gasteiger partial charge is 0.394 e. The Bertz CT molecular complexity index is 1080. The number of piperidine rings is 1. The van der Waals surface area contributed by atoms with E-state index in [2.05, 4.69) is 11.4 Å². The van der Waals surface area contributed by atoms with Crippen molar-refractivity contribution >= 4 is 33.8 Å². The van der Waals surface area contributed by atoms with Crippen molar-refractivity contribution in [3.8, 4) is 0 Å². The van der Waals surface area contributed by atoms with Gasteiger partial charge in [-0.3, -0.25) is 14.9 Å². The third-order valence-electron chi connectivity index (χ3n) is 5.49. The van der Waals surface area contributed by atoms with Crippen molar-refractivity contribution in [1.82, 2.24) is 14.9 Å². The maximum absolute atomic E-state index is 12.5. The summed E-state index contributed by atoms with van der Waals surface area (Å²) < 4.78 is 12.7. The number of rotatable bonds is 10. The predicted octanol–water partition coefficient (Wildman–Crippen LogP) is 2.13. The number of nitrogens with zero attached hydrogens (tertiary/aromatic N) is 2. The highest BCUT2D eigenvalue weighted by molar-refractivity contribution is 6.09. The van der Waals surface area contributed by atoms with Crippen LogP contribution in [-0.4, -0.2) is 59.5 Å². The number of nitrogens with one attached hydrogen (secondary N) is 1. The number of para-hydroxylation sites is 1. The molecule has 0 radical (unpaired) electrons. The van der Waals surface area contributed by atoms with Crippen LogP contribution < -0.4 is 5.32 Å². The maximum Gasteiger partial charge on any atom is 0.249 e. The van der Waals surface area contributed by atoms with Gasteiger partial charge >= 0.3 is 0 Å². The maximum atomic E-state index is 12.5. The highest BCUT2D eigenvalue weighted by Crippen LogP contribution is 2.33. The second-order valence-corrected chi connectivity index (χ2v) is 7.62. The Morgan fingerprint density at radius 1 is 1.10 bits per heavy atom. The Labute approximate surface area is 180 Å². The lowest BCUT2D eigenvalue weighted by atomic mass is 10.1. The molecule has 8 heteroatoms. The topological polar surface area (TPSA) is 103 Å². The monoisotopic (exact) mass is 425 g/mol. The van der Waals surface area contributed by atoms with E-state index in [1.165, 1.54) is 0 Å². The molecule has 1 aliphatic heterocycles. The molecule has 8 nitrogen and oxygen atoms in total. The third kappa shape index (κ3) is 4.76. The number of aryl methyl sites for hydroxylation is 1. The summed E-state index contributed by atoms with van der Waals surface area (Å²) in [6.07, 6.45) is 4.35. The fourth-order valence-corrected chi connectivity index (χ4v) is 4.06. The molecule has 1 fully saturated rings. The number of hydrogen-bond acceptors (Lipinski definition) is 6. The van der Waals surface area contributed by atoms with E-state index in [9.17, 15) is 9.59 Å². The van der Waals surface area contributed by atoms with E-state index >= 15 is 0 Å². The van der Waals surface area contributed by atoms with Gasteiger partial charge in [0.05, 0.1) is 31.9 Å². The Balaban J connectivity index is 1.50. The summed E-state index contributed by atoms with van der Waals surface area (Å²) in [5, 5.41) is 13.2. The van der Waals surface area contributed by atoms with Crippen LogP contribution in [0.2, 0.25) is 0 Å². The van der Waals surface area contributed by atoms with Crippen molar-refractivity contribution in [3.63, 3.8) is 0 Å². The Kier molecular flexibility index (Phi) is 6.91. The van der Waals surface area contributed by atoms with E-state index in [1.54, 1.807) is 0 Å². The first kappa shape index (κ1) is 21.4. The zero-order valence-corrected chi connectivity index (χ0v) is 17.4. The van der Waals surface area contributed by atoms with Gasteiger partial charge in [-0.25, -0.2) is 4.98 Å². The summed E-state index contributed by atoms with van der Waals surface area (Å²) in [5.41, 5.74) is 2.82. The summed E-state index contributed by atoms with van der Waals surface area (Å²) in [4.78, 5) is 28.8. The molecule has 2 amide bonds. The van der Waals surface area contributed by atoms with Crippen LogP contribution in [0.4, 0.5) is 0 Å². The molecule has 1 unspecified atom stereocenters. The summed E-state index contributed by atoms with van der Waals surface area (Å²) in [6, 6.07) is 9.66. The van der Waals surface area contributed by atoms with Gasteiger partial charge in [0.1, 0.15) is 11.7 Å². The van der Waals surface area contributed by atoms with Crippen molar-refractivity contribution in [2.24, 2.45) is 0 Å². The van der Waals surface area contributed by atoms with Gasteiger partial charge in [-0.05, 0) is 37.0 Å². The van der Waals surface area contributed by atoms with E-state index in [0.717, 1.165) is 40.3 Å². The molecule has 1 saturated heterocycles. The quantitative estimate of drug-likeness (QED) is 0.381. The van der Waals surface area contributed by atoms with Crippen LogP contribution in [0.15, 0.2) is 36.5 Å². The van der Waals surface area contributed by atoms with Crippen LogP contribution in [0.5, 0.6) is 0 Å². The van der Waals surface area contributed by atoms with E-state index in [0.29, 0.717) is 39.3 Å². The predicted molar refractivity (Wildman–Crippen MR) is 116 cm³/mol. The van der Waals surface area contributed by atoms with Crippen molar-refractivity contribution in [3.05, 3.63) is 42.1 Å². The van der Waals surface area contributed by atoms with Crippen LogP contribution in [0.1, 0.15) is 30.9 Å². The molecule has 1 aromatic carbocycles. The molecule has 1 aliphatic rings. The number of hydrogen-bond donors (Lipinski definition) is 2. The molecular weight excluding hydrogens is 398 g/mol. The number of aliphatic hydroxyl groups is 1. The van der Waals surface area contributed by atoms with E-state index in [1.807, 2.05) is 35.0 Å². The van der Waals surface area contributed by atoms with Crippen molar-refractivity contribution in [1.29, 1.82) is 0 Å². The molecule has 0 spiro atoms. The van der Waals surface area contributed by atoms with Crippen LogP contribution in [0.25, 0.3) is 21.9 Å². The Morgan fingerprint density at radius 3 is 2.71 bits per heavy atom. The van der Waals surface area contributed by atoms with Crippen molar-refractivity contribution < 1.29 is 24.2 Å². The summed E-state index contributed by atoms with van der Waals surface area (Å²) >= 11 is 0. The fraction of sp³-hybridized carbons (Fsp3) is 0.435. The molecule has 2 N–H and O–H groups in total. The van der Waals surface area contributed by atoms with Crippen LogP contribution >= 0.6 is 0 Å². The number of fused-ring (bicyclic) bond motifs is 3. The van der Waals surface area contributed by atoms with Gasteiger partial charge in [0.2, 0.25) is 11.8 Å². The zero-order valence-electron chi connectivity index (χ0n) is 17.4. The minimum atomic E-state index is -0.445. The Morgan fingerprint density at radius 2 is 1.90 bits per heavy atom. The molecule has 31 heavy (non-hydrogen) atoms. The normalized spacial score (nSPS) is 16.9. The van der Waals surface area contributed by atoms with E-state index in [4.69, 9.17) is 19.6 Å². The number of pyridine rings is 1. The minimum absolute atomic E-state index is 0.0232. The standard InChI is InChI=1S/C23H27N3O5/c27-9-11-31-13-12-30-10-3-4-16-14-18-17-5-1-2-6-19(17)26(22(18)24-15-16)20-7-8-21(28)25-23(20)29/h1-2,5-6,14-15,20,27H,3-4,7-13H2,(H,25,28,29). The van der Waals surface area contributed by atoms with E-state index < -0.39 is 6.04 Å². The molecular formula is C23H27N3O5. The molecule has 1 atom stereocenters. The molecule has 0 aliphatic carbocycles. The number of imide groups is 1. The molecule has 3 aromatic rings. The lowest BCUT2D eigenvalue weighted by Crippen LogP contribution is -2.41. The number of benzene rings is 1. The average Bonchev–Trinajstić information content (AvgIpc) is 3.09. The SMILES string of the molecule is O=C1CCC(n2c3ccccc3c3cc(CCCOCCOCCO)cnc32)C(=O)N1. The third-order valence-corrected chi connectivity index (χ3v) is 5.49. The first-order valence-corrected chi connectivity index (χ1v) is 10.7. The number of amides is 2. The molecule has 2 aromatic heterocycles. The average molecular weight is 425 g/mol. The lowest BCUT2D eigenvalue weighted by molar-refractivity contribution is -0.135. The van der Waals surface area contributed by atoms with Crippen LogP contribution in [-0.2, 0) is 25.5 Å². The summed E-state index contributed by atoms with van der Waals surface area (Å²) in [7, 11) is 0. The van der Waals surface area contributed by atoms with Gasteiger partial charge in [-0.2, -0.15) is 0 Å². The molecule has 0 saturated carbocycles. The van der Waals surface area contributed by atoms with Gasteiger partial charge in [-0.1, -0.05) is 18.2 Å². The number of carbonyl (C=O) groups excluding carboxylic acids is 2. The second kappa shape index (κ2) is 10.00. The van der Waals surface area contributed by atoms with Gasteiger partial charge in [-0.15, -0.1) is 0 Å². The van der Waals surface area contributed by atoms with Crippen molar-refractivity contribution in [2.75, 3.05) is 33.0 Å².